The number of hydrogen-bond donors (Lipinski definition) is 0. The molecule has 4 aliphatic rings. The average Bonchev–Trinajstić information content (AvgIpc) is 2.91. The van der Waals surface area contributed by atoms with Crippen LogP contribution in [0.5, 0.6) is 0 Å². The van der Waals surface area contributed by atoms with E-state index in [0.717, 1.165) is 42.4 Å². The largest absolute Gasteiger partial charge is 0.303 e. The molecular formula is C23H36O. The van der Waals surface area contributed by atoms with Crippen LogP contribution in [0.3, 0.4) is 0 Å². The number of carbonyl (C=O) groups is 1. The molecule has 0 saturated heterocycles. The lowest BCUT2D eigenvalue weighted by Crippen LogP contribution is -2.50. The first-order valence-electron chi connectivity index (χ1n) is 10.5. The normalized spacial score (nSPS) is 50.7. The molecule has 134 valence electrons. The molecule has 0 amide bonds. The summed E-state index contributed by atoms with van der Waals surface area (Å²) in [5, 5.41) is 0. The Bertz CT molecular complexity index is 546. The zero-order chi connectivity index (χ0) is 17.1. The summed E-state index contributed by atoms with van der Waals surface area (Å²) < 4.78 is 0. The first-order chi connectivity index (χ1) is 11.4. The van der Waals surface area contributed by atoms with Crippen LogP contribution in [-0.4, -0.2) is 6.29 Å². The van der Waals surface area contributed by atoms with E-state index in [1.807, 2.05) is 0 Å². The molecule has 0 heterocycles. The third-order valence-electron chi connectivity index (χ3n) is 9.21. The highest BCUT2D eigenvalue weighted by Crippen LogP contribution is 2.67. The van der Waals surface area contributed by atoms with E-state index in [1.165, 1.54) is 44.8 Å². The van der Waals surface area contributed by atoms with Gasteiger partial charge < -0.3 is 4.79 Å². The number of allylic oxidation sites excluding steroid dienone is 2. The Balaban J connectivity index is 1.63. The highest BCUT2D eigenvalue weighted by Gasteiger charge is 2.58. The summed E-state index contributed by atoms with van der Waals surface area (Å²) >= 11 is 0. The Hall–Kier alpha value is -0.590. The zero-order valence-electron chi connectivity index (χ0n) is 16.2. The lowest BCUT2D eigenvalue weighted by Gasteiger charge is -2.58. The van der Waals surface area contributed by atoms with Crippen molar-refractivity contribution in [3.05, 3.63) is 11.6 Å². The Morgan fingerprint density at radius 2 is 1.88 bits per heavy atom. The number of rotatable bonds is 2. The highest BCUT2D eigenvalue weighted by molar-refractivity contribution is 5.55. The fraction of sp³-hybridized carbons (Fsp3) is 0.870. The smallest absolute Gasteiger partial charge is 0.123 e. The van der Waals surface area contributed by atoms with Crippen molar-refractivity contribution in [2.75, 3.05) is 0 Å². The van der Waals surface area contributed by atoms with Crippen LogP contribution >= 0.6 is 0 Å². The van der Waals surface area contributed by atoms with Gasteiger partial charge in [0.25, 0.3) is 0 Å². The molecule has 0 N–H and O–H groups in total. The van der Waals surface area contributed by atoms with Crippen LogP contribution in [0.15, 0.2) is 11.6 Å². The minimum atomic E-state index is 0.298. The van der Waals surface area contributed by atoms with Gasteiger partial charge >= 0.3 is 0 Å². The van der Waals surface area contributed by atoms with Crippen LogP contribution in [0.2, 0.25) is 0 Å². The lowest BCUT2D eigenvalue weighted by atomic mass is 9.46. The standard InChI is InChI=1S/C23H36O/c1-15(2)19-7-8-20-18-6-5-17-13-16(14-24)9-11-22(17,3)21(18)10-12-23(19,20)4/h5,14-16,18-21H,6-13H2,1-4H3/t16-,18?,19?,20?,21?,22?,23+/m0/s1. The van der Waals surface area contributed by atoms with Crippen molar-refractivity contribution in [1.29, 1.82) is 0 Å². The molecule has 0 aromatic rings. The summed E-state index contributed by atoms with van der Waals surface area (Å²) in [6, 6.07) is 0. The van der Waals surface area contributed by atoms with Crippen LogP contribution < -0.4 is 0 Å². The maximum Gasteiger partial charge on any atom is 0.123 e. The van der Waals surface area contributed by atoms with Gasteiger partial charge in [0.05, 0.1) is 0 Å². The molecule has 1 nitrogen and oxygen atoms in total. The average molecular weight is 329 g/mol. The summed E-state index contributed by atoms with van der Waals surface area (Å²) in [6.07, 6.45) is 14.3. The number of fused-ring (bicyclic) bond motifs is 5. The second kappa shape index (κ2) is 5.71. The number of aldehydes is 1. The highest BCUT2D eigenvalue weighted by atomic mass is 16.1. The maximum atomic E-state index is 11.3. The van der Waals surface area contributed by atoms with E-state index in [0.29, 0.717) is 16.7 Å². The molecule has 24 heavy (non-hydrogen) atoms. The van der Waals surface area contributed by atoms with E-state index in [2.05, 4.69) is 33.8 Å². The molecule has 5 unspecified atom stereocenters. The van der Waals surface area contributed by atoms with Crippen molar-refractivity contribution in [2.24, 2.45) is 46.3 Å². The van der Waals surface area contributed by atoms with Crippen molar-refractivity contribution in [3.63, 3.8) is 0 Å². The van der Waals surface area contributed by atoms with Crippen molar-refractivity contribution < 1.29 is 4.79 Å². The summed E-state index contributed by atoms with van der Waals surface area (Å²) in [5.41, 5.74) is 2.64. The third kappa shape index (κ3) is 2.22. The van der Waals surface area contributed by atoms with Crippen LogP contribution in [0.4, 0.5) is 0 Å². The van der Waals surface area contributed by atoms with Crippen LogP contribution in [0, 0.1) is 46.3 Å². The van der Waals surface area contributed by atoms with Gasteiger partial charge in [0.2, 0.25) is 0 Å². The van der Waals surface area contributed by atoms with Gasteiger partial charge in [-0.15, -0.1) is 0 Å². The van der Waals surface area contributed by atoms with Crippen molar-refractivity contribution in [3.8, 4) is 0 Å². The van der Waals surface area contributed by atoms with Crippen LogP contribution in [0.1, 0.15) is 79.1 Å². The van der Waals surface area contributed by atoms with Gasteiger partial charge in [-0.1, -0.05) is 39.3 Å². The van der Waals surface area contributed by atoms with Crippen molar-refractivity contribution >= 4 is 6.29 Å². The van der Waals surface area contributed by atoms with Gasteiger partial charge in [-0.05, 0) is 91.8 Å². The molecule has 0 bridgehead atoms. The lowest BCUT2D eigenvalue weighted by molar-refractivity contribution is -0.112. The van der Waals surface area contributed by atoms with Crippen molar-refractivity contribution in [2.45, 2.75) is 79.1 Å². The Morgan fingerprint density at radius 3 is 2.58 bits per heavy atom. The molecule has 4 aliphatic carbocycles. The monoisotopic (exact) mass is 328 g/mol. The van der Waals surface area contributed by atoms with E-state index < -0.39 is 0 Å². The van der Waals surface area contributed by atoms with Gasteiger partial charge in [0, 0.05) is 5.92 Å². The van der Waals surface area contributed by atoms with Gasteiger partial charge in [-0.25, -0.2) is 0 Å². The fourth-order valence-electron chi connectivity index (χ4n) is 7.94. The van der Waals surface area contributed by atoms with E-state index in [9.17, 15) is 4.79 Å². The molecule has 1 heteroatoms. The third-order valence-corrected chi connectivity index (χ3v) is 9.21. The fourth-order valence-corrected chi connectivity index (χ4v) is 7.94. The predicted octanol–water partition coefficient (Wildman–Crippen LogP) is 6.04. The van der Waals surface area contributed by atoms with Crippen LogP contribution in [0.25, 0.3) is 0 Å². The molecule has 0 aromatic heterocycles. The van der Waals surface area contributed by atoms with E-state index in [4.69, 9.17) is 0 Å². The molecular weight excluding hydrogens is 292 g/mol. The minimum Gasteiger partial charge on any atom is -0.303 e. The summed E-state index contributed by atoms with van der Waals surface area (Å²) in [6.45, 7) is 10.1. The second-order valence-corrected chi connectivity index (χ2v) is 10.4. The van der Waals surface area contributed by atoms with Gasteiger partial charge in [0.1, 0.15) is 6.29 Å². The first-order valence-corrected chi connectivity index (χ1v) is 10.5. The van der Waals surface area contributed by atoms with Gasteiger partial charge in [-0.3, -0.25) is 0 Å². The molecule has 0 radical (unpaired) electrons. The van der Waals surface area contributed by atoms with Gasteiger partial charge in [-0.2, -0.15) is 0 Å². The Morgan fingerprint density at radius 1 is 1.08 bits per heavy atom. The second-order valence-electron chi connectivity index (χ2n) is 10.4. The first kappa shape index (κ1) is 16.9. The SMILES string of the molecule is CC(C)C1CCC2C3CC=C4C[C@@H](C=O)CCC4(C)C3CC[C@]12C. The summed E-state index contributed by atoms with van der Waals surface area (Å²) in [7, 11) is 0. The Labute approximate surface area is 148 Å². The van der Waals surface area contributed by atoms with E-state index >= 15 is 0 Å². The maximum absolute atomic E-state index is 11.3. The topological polar surface area (TPSA) is 17.1 Å². The van der Waals surface area contributed by atoms with E-state index in [-0.39, 0.29) is 0 Å². The predicted molar refractivity (Wildman–Crippen MR) is 99.6 cm³/mol. The molecule has 0 aromatic carbocycles. The summed E-state index contributed by atoms with van der Waals surface area (Å²) in [4.78, 5) is 11.3. The number of carbonyl (C=O) groups excluding carboxylic acids is 1. The molecule has 0 aliphatic heterocycles. The van der Waals surface area contributed by atoms with Gasteiger partial charge in [0.15, 0.2) is 0 Å². The van der Waals surface area contributed by atoms with E-state index in [1.54, 1.807) is 5.57 Å². The molecule has 7 atom stereocenters. The molecule has 3 saturated carbocycles. The number of hydrogen-bond acceptors (Lipinski definition) is 1. The molecule has 3 fully saturated rings. The quantitative estimate of drug-likeness (QED) is 0.446. The van der Waals surface area contributed by atoms with Crippen molar-refractivity contribution in [1.82, 2.24) is 0 Å². The Kier molecular flexibility index (Phi) is 4.01. The van der Waals surface area contributed by atoms with Crippen LogP contribution in [-0.2, 0) is 4.79 Å². The molecule has 0 spiro atoms. The minimum absolute atomic E-state index is 0.298. The zero-order valence-corrected chi connectivity index (χ0v) is 16.2. The summed E-state index contributed by atoms with van der Waals surface area (Å²) in [5.74, 6) is 4.81. The molecule has 4 rings (SSSR count).